The zero-order chi connectivity index (χ0) is 23.5. The lowest BCUT2D eigenvalue weighted by atomic mass is 10.2. The van der Waals surface area contributed by atoms with Crippen molar-refractivity contribution in [2.24, 2.45) is 4.99 Å². The summed E-state index contributed by atoms with van der Waals surface area (Å²) in [6.45, 7) is 1.29. The number of carbonyl (C=O) groups excluding carboxylic acids is 1. The van der Waals surface area contributed by atoms with Crippen LogP contribution in [-0.2, 0) is 9.53 Å². The fourth-order valence-corrected chi connectivity index (χ4v) is 5.14. The van der Waals surface area contributed by atoms with Crippen molar-refractivity contribution in [3.8, 4) is 5.69 Å². The molecule has 0 N–H and O–H groups in total. The first-order chi connectivity index (χ1) is 16.6. The van der Waals surface area contributed by atoms with E-state index in [9.17, 15) is 4.79 Å². The minimum atomic E-state index is -0.0223. The quantitative estimate of drug-likeness (QED) is 0.455. The van der Waals surface area contributed by atoms with E-state index in [0.717, 1.165) is 42.2 Å². The summed E-state index contributed by atoms with van der Waals surface area (Å²) in [6.07, 6.45) is 6.04. The third-order valence-electron chi connectivity index (χ3n) is 5.98. The molecule has 2 fully saturated rings. The molecule has 2 aliphatic heterocycles. The molecule has 7 heteroatoms. The van der Waals surface area contributed by atoms with Gasteiger partial charge in [0.05, 0.1) is 23.2 Å². The number of amidine groups is 1. The largest absolute Gasteiger partial charge is 0.378 e. The Morgan fingerprint density at radius 2 is 1.88 bits per heavy atom. The third-order valence-corrected chi connectivity index (χ3v) is 6.99. The summed E-state index contributed by atoms with van der Waals surface area (Å²) in [5.41, 5.74) is 3.98. The van der Waals surface area contributed by atoms with Gasteiger partial charge in [-0.1, -0.05) is 18.2 Å². The minimum absolute atomic E-state index is 0.0223. The van der Waals surface area contributed by atoms with Gasteiger partial charge >= 0.3 is 0 Å². The van der Waals surface area contributed by atoms with Gasteiger partial charge in [0.2, 0.25) is 0 Å². The molecule has 174 valence electrons. The van der Waals surface area contributed by atoms with Gasteiger partial charge in [0.25, 0.3) is 5.91 Å². The van der Waals surface area contributed by atoms with Crippen molar-refractivity contribution in [3.05, 3.63) is 83.5 Å². The van der Waals surface area contributed by atoms with Crippen molar-refractivity contribution in [2.75, 3.05) is 32.1 Å². The number of hydrogen-bond donors (Lipinski definition) is 0. The van der Waals surface area contributed by atoms with Crippen molar-refractivity contribution >= 4 is 40.3 Å². The van der Waals surface area contributed by atoms with Crippen LogP contribution in [-0.4, -0.2) is 53.9 Å². The highest BCUT2D eigenvalue weighted by Gasteiger charge is 2.36. The van der Waals surface area contributed by atoms with Crippen molar-refractivity contribution < 1.29 is 9.53 Å². The Labute approximate surface area is 204 Å². The zero-order valence-corrected chi connectivity index (χ0v) is 20.2. The van der Waals surface area contributed by atoms with Crippen LogP contribution in [0.3, 0.4) is 0 Å². The first-order valence-corrected chi connectivity index (χ1v) is 12.3. The van der Waals surface area contributed by atoms with Crippen LogP contribution in [0, 0.1) is 0 Å². The van der Waals surface area contributed by atoms with E-state index in [2.05, 4.69) is 33.7 Å². The van der Waals surface area contributed by atoms with Gasteiger partial charge in [-0.05, 0) is 79.2 Å². The predicted octanol–water partition coefficient (Wildman–Crippen LogP) is 5.33. The highest BCUT2D eigenvalue weighted by molar-refractivity contribution is 8.18. The van der Waals surface area contributed by atoms with E-state index in [1.807, 2.05) is 68.8 Å². The van der Waals surface area contributed by atoms with Gasteiger partial charge in [0.15, 0.2) is 5.17 Å². The van der Waals surface area contributed by atoms with Crippen molar-refractivity contribution in [3.63, 3.8) is 0 Å². The van der Waals surface area contributed by atoms with Gasteiger partial charge in [-0.25, -0.2) is 4.99 Å². The average molecular weight is 473 g/mol. The van der Waals surface area contributed by atoms with E-state index >= 15 is 0 Å². The van der Waals surface area contributed by atoms with Crippen LogP contribution >= 0.6 is 11.8 Å². The molecule has 0 unspecified atom stereocenters. The number of hydrogen-bond acceptors (Lipinski definition) is 5. The van der Waals surface area contributed by atoms with Crippen LogP contribution in [0.15, 0.2) is 82.8 Å². The highest BCUT2D eigenvalue weighted by Crippen LogP contribution is 2.35. The molecule has 3 aromatic rings. The summed E-state index contributed by atoms with van der Waals surface area (Å²) in [4.78, 5) is 22.8. The number of aliphatic imine (C=N–C) groups is 1. The maximum atomic E-state index is 13.5. The van der Waals surface area contributed by atoms with Gasteiger partial charge in [-0.15, -0.1) is 0 Å². The van der Waals surface area contributed by atoms with Crippen LogP contribution in [0.5, 0.6) is 0 Å². The average Bonchev–Trinajstić information content (AvgIpc) is 3.59. The van der Waals surface area contributed by atoms with Gasteiger partial charge in [0, 0.05) is 44.0 Å². The van der Waals surface area contributed by atoms with Crippen LogP contribution in [0.2, 0.25) is 0 Å². The molecule has 0 radical (unpaired) electrons. The molecular weight excluding hydrogens is 444 g/mol. The van der Waals surface area contributed by atoms with Gasteiger partial charge in [0.1, 0.15) is 0 Å². The second kappa shape index (κ2) is 9.91. The fraction of sp³-hybridized carbons (Fsp3) is 0.259. The van der Waals surface area contributed by atoms with E-state index in [0.29, 0.717) is 16.6 Å². The first kappa shape index (κ1) is 22.5. The standard InChI is InChI=1S/C27H28N4O2S/c1-29(2)21-12-14-22(15-13-21)30-16-6-10-23(30)18-25-26(32)31(19-24-11-7-17-33-24)27(34-25)28-20-8-4-3-5-9-20/h3-6,8-10,12-16,18,24H,7,11,17,19H2,1-2H3/b25-18-,28-27?/t24-/m1/s1. The molecule has 6 nitrogen and oxygen atoms in total. The zero-order valence-electron chi connectivity index (χ0n) is 19.4. The number of rotatable bonds is 6. The number of amides is 1. The Kier molecular flexibility index (Phi) is 6.56. The Morgan fingerprint density at radius 1 is 1.09 bits per heavy atom. The Bertz CT molecular complexity index is 1210. The topological polar surface area (TPSA) is 50.1 Å². The highest BCUT2D eigenvalue weighted by atomic mass is 32.2. The first-order valence-electron chi connectivity index (χ1n) is 11.5. The van der Waals surface area contributed by atoms with E-state index in [-0.39, 0.29) is 12.0 Å². The van der Waals surface area contributed by atoms with E-state index in [1.54, 1.807) is 4.90 Å². The lowest BCUT2D eigenvalue weighted by Gasteiger charge is -2.19. The number of benzene rings is 2. The smallest absolute Gasteiger partial charge is 0.266 e. The molecule has 0 saturated carbocycles. The summed E-state index contributed by atoms with van der Waals surface area (Å²) in [7, 11) is 4.06. The Hall–Kier alpha value is -3.29. The minimum Gasteiger partial charge on any atom is -0.378 e. The fourth-order valence-electron chi connectivity index (χ4n) is 4.15. The number of aromatic nitrogens is 1. The molecule has 1 amide bonds. The van der Waals surface area contributed by atoms with Gasteiger partial charge in [-0.2, -0.15) is 0 Å². The summed E-state index contributed by atoms with van der Waals surface area (Å²) >= 11 is 1.43. The van der Waals surface area contributed by atoms with Crippen LogP contribution < -0.4 is 4.90 Å². The molecule has 3 heterocycles. The van der Waals surface area contributed by atoms with Crippen LogP contribution in [0.4, 0.5) is 11.4 Å². The maximum Gasteiger partial charge on any atom is 0.266 e. The molecule has 2 aliphatic rings. The number of nitrogens with zero attached hydrogens (tertiary/aromatic N) is 4. The molecule has 2 saturated heterocycles. The summed E-state index contributed by atoms with van der Waals surface area (Å²) in [6, 6.07) is 22.2. The number of para-hydroxylation sites is 1. The molecular formula is C27H28N4O2S. The normalized spacial score (nSPS) is 20.6. The Balaban J connectivity index is 1.46. The van der Waals surface area contributed by atoms with Crippen LogP contribution in [0.1, 0.15) is 18.5 Å². The number of ether oxygens (including phenoxy) is 1. The van der Waals surface area contributed by atoms with E-state index < -0.39 is 0 Å². The predicted molar refractivity (Wildman–Crippen MR) is 140 cm³/mol. The summed E-state index contributed by atoms with van der Waals surface area (Å²) in [5, 5.41) is 0.700. The van der Waals surface area contributed by atoms with Crippen LogP contribution in [0.25, 0.3) is 11.8 Å². The lowest BCUT2D eigenvalue weighted by molar-refractivity contribution is -0.123. The number of anilines is 1. The number of thioether (sulfide) groups is 1. The second-order valence-electron chi connectivity index (χ2n) is 8.61. The molecule has 1 aromatic heterocycles. The SMILES string of the molecule is CN(C)c1ccc(-n2cccc2/C=C2\SC(=Nc3ccccc3)N(C[C@H]3CCCO3)C2=O)cc1. The van der Waals surface area contributed by atoms with Crippen molar-refractivity contribution in [1.82, 2.24) is 9.47 Å². The monoisotopic (exact) mass is 472 g/mol. The maximum absolute atomic E-state index is 13.5. The Morgan fingerprint density at radius 3 is 2.59 bits per heavy atom. The summed E-state index contributed by atoms with van der Waals surface area (Å²) < 4.78 is 7.92. The van der Waals surface area contributed by atoms with E-state index in [1.165, 1.54) is 11.8 Å². The van der Waals surface area contributed by atoms with E-state index in [4.69, 9.17) is 9.73 Å². The van der Waals surface area contributed by atoms with Crippen molar-refractivity contribution in [1.29, 1.82) is 0 Å². The summed E-state index contributed by atoms with van der Waals surface area (Å²) in [5.74, 6) is -0.0223. The molecule has 2 aromatic carbocycles. The van der Waals surface area contributed by atoms with Crippen molar-refractivity contribution in [2.45, 2.75) is 18.9 Å². The lowest BCUT2D eigenvalue weighted by Crippen LogP contribution is -2.36. The molecule has 0 spiro atoms. The second-order valence-corrected chi connectivity index (χ2v) is 9.61. The molecule has 5 rings (SSSR count). The molecule has 0 aliphatic carbocycles. The molecule has 1 atom stereocenters. The molecule has 34 heavy (non-hydrogen) atoms. The molecule has 0 bridgehead atoms. The third kappa shape index (κ3) is 4.81. The number of carbonyl (C=O) groups is 1. The van der Waals surface area contributed by atoms with Gasteiger partial charge < -0.3 is 14.2 Å². The van der Waals surface area contributed by atoms with Gasteiger partial charge in [-0.3, -0.25) is 9.69 Å².